The molecule has 0 fully saturated rings. The van der Waals surface area contributed by atoms with Gasteiger partial charge in [-0.25, -0.2) is 9.97 Å². The Hall–Kier alpha value is -3.08. The summed E-state index contributed by atoms with van der Waals surface area (Å²) in [5.41, 5.74) is 5.07. The third-order valence-electron chi connectivity index (χ3n) is 3.83. The number of benzene rings is 2. The molecule has 4 rings (SSSR count). The van der Waals surface area contributed by atoms with Crippen molar-refractivity contribution in [3.8, 4) is 22.6 Å². The van der Waals surface area contributed by atoms with Gasteiger partial charge in [-0.2, -0.15) is 0 Å². The van der Waals surface area contributed by atoms with Crippen LogP contribution in [0.15, 0.2) is 54.7 Å². The van der Waals surface area contributed by atoms with Gasteiger partial charge in [0.25, 0.3) is 5.69 Å². The van der Waals surface area contributed by atoms with Crippen molar-refractivity contribution in [1.82, 2.24) is 9.97 Å². The highest BCUT2D eigenvalue weighted by molar-refractivity contribution is 5.75. The minimum atomic E-state index is -0.411. The standard InChI is InChI=1S/C17H11N3O2/c21-20(22)14-6-3-5-12(9-14)17-18-10-13-8-11-4-1-2-7-15(11)16(13)19-17/h1-7,9-10H,8H2. The first kappa shape index (κ1) is 12.6. The Morgan fingerprint density at radius 3 is 2.77 bits per heavy atom. The molecule has 0 saturated heterocycles. The number of nitrogens with zero attached hydrogens (tertiary/aromatic N) is 3. The van der Waals surface area contributed by atoms with Crippen LogP contribution in [-0.2, 0) is 6.42 Å². The molecule has 0 atom stereocenters. The van der Waals surface area contributed by atoms with E-state index >= 15 is 0 Å². The molecule has 106 valence electrons. The summed E-state index contributed by atoms with van der Waals surface area (Å²) < 4.78 is 0. The summed E-state index contributed by atoms with van der Waals surface area (Å²) in [5.74, 6) is 0.513. The van der Waals surface area contributed by atoms with Gasteiger partial charge in [0.1, 0.15) is 0 Å². The summed E-state index contributed by atoms with van der Waals surface area (Å²) in [6.45, 7) is 0. The van der Waals surface area contributed by atoms with Gasteiger partial charge in [0.2, 0.25) is 0 Å². The Morgan fingerprint density at radius 2 is 1.91 bits per heavy atom. The number of hydrogen-bond acceptors (Lipinski definition) is 4. The zero-order chi connectivity index (χ0) is 15.1. The molecule has 1 heterocycles. The molecule has 1 aliphatic carbocycles. The molecule has 0 unspecified atom stereocenters. The second kappa shape index (κ2) is 4.73. The molecule has 0 bridgehead atoms. The van der Waals surface area contributed by atoms with Crippen molar-refractivity contribution in [3.63, 3.8) is 0 Å². The maximum absolute atomic E-state index is 10.9. The van der Waals surface area contributed by atoms with Crippen LogP contribution < -0.4 is 0 Å². The van der Waals surface area contributed by atoms with Gasteiger partial charge in [-0.1, -0.05) is 36.4 Å². The first-order valence-electron chi connectivity index (χ1n) is 6.91. The number of hydrogen-bond donors (Lipinski definition) is 0. The van der Waals surface area contributed by atoms with E-state index in [0.29, 0.717) is 11.4 Å². The van der Waals surface area contributed by atoms with E-state index in [1.54, 1.807) is 12.1 Å². The van der Waals surface area contributed by atoms with Gasteiger partial charge >= 0.3 is 0 Å². The summed E-state index contributed by atoms with van der Waals surface area (Å²) in [6, 6.07) is 14.5. The Labute approximate surface area is 126 Å². The van der Waals surface area contributed by atoms with Crippen LogP contribution in [-0.4, -0.2) is 14.9 Å². The van der Waals surface area contributed by atoms with E-state index in [4.69, 9.17) is 0 Å². The van der Waals surface area contributed by atoms with Crippen LogP contribution in [0.3, 0.4) is 0 Å². The second-order valence-corrected chi connectivity index (χ2v) is 5.21. The average Bonchev–Trinajstić information content (AvgIpc) is 2.92. The molecule has 0 radical (unpaired) electrons. The second-order valence-electron chi connectivity index (χ2n) is 5.21. The highest BCUT2D eigenvalue weighted by atomic mass is 16.6. The highest BCUT2D eigenvalue weighted by Crippen LogP contribution is 2.35. The largest absolute Gasteiger partial charge is 0.270 e. The summed E-state index contributed by atoms with van der Waals surface area (Å²) in [6.07, 6.45) is 2.65. The van der Waals surface area contributed by atoms with Crippen LogP contribution in [0.4, 0.5) is 5.69 Å². The van der Waals surface area contributed by atoms with Crippen LogP contribution in [0.2, 0.25) is 0 Å². The highest BCUT2D eigenvalue weighted by Gasteiger charge is 2.21. The SMILES string of the molecule is O=[N+]([O-])c1cccc(-c2ncc3c(n2)-c2ccccc2C3)c1. The van der Waals surface area contributed by atoms with E-state index in [0.717, 1.165) is 23.2 Å². The van der Waals surface area contributed by atoms with Gasteiger partial charge in [-0.15, -0.1) is 0 Å². The first-order valence-corrected chi connectivity index (χ1v) is 6.91. The summed E-state index contributed by atoms with van der Waals surface area (Å²) >= 11 is 0. The molecule has 1 aliphatic rings. The third-order valence-corrected chi connectivity index (χ3v) is 3.83. The Bertz CT molecular complexity index is 906. The van der Waals surface area contributed by atoms with Crippen molar-refractivity contribution in [2.24, 2.45) is 0 Å². The molecule has 5 nitrogen and oxygen atoms in total. The van der Waals surface area contributed by atoms with Crippen LogP contribution >= 0.6 is 0 Å². The fraction of sp³-hybridized carbons (Fsp3) is 0.0588. The van der Waals surface area contributed by atoms with E-state index in [1.165, 1.54) is 17.7 Å². The van der Waals surface area contributed by atoms with Crippen LogP contribution in [0.25, 0.3) is 22.6 Å². The van der Waals surface area contributed by atoms with E-state index < -0.39 is 4.92 Å². The van der Waals surface area contributed by atoms with Gasteiger partial charge in [0, 0.05) is 41.4 Å². The Morgan fingerprint density at radius 1 is 1.05 bits per heavy atom. The zero-order valence-electron chi connectivity index (χ0n) is 11.6. The molecule has 2 aromatic carbocycles. The molecule has 0 saturated carbocycles. The van der Waals surface area contributed by atoms with Gasteiger partial charge in [0.15, 0.2) is 5.82 Å². The predicted octanol–water partition coefficient (Wildman–Crippen LogP) is 3.62. The molecule has 1 aromatic heterocycles. The fourth-order valence-electron chi connectivity index (χ4n) is 2.78. The Balaban J connectivity index is 1.84. The quantitative estimate of drug-likeness (QED) is 0.417. The average molecular weight is 289 g/mol. The van der Waals surface area contributed by atoms with E-state index in [-0.39, 0.29) is 5.69 Å². The minimum absolute atomic E-state index is 0.0435. The smallest absolute Gasteiger partial charge is 0.258 e. The van der Waals surface area contributed by atoms with Crippen molar-refractivity contribution in [2.75, 3.05) is 0 Å². The number of fused-ring (bicyclic) bond motifs is 3. The first-order chi connectivity index (χ1) is 10.7. The number of non-ortho nitro benzene ring substituents is 1. The van der Waals surface area contributed by atoms with Crippen molar-refractivity contribution in [2.45, 2.75) is 6.42 Å². The molecule has 0 spiro atoms. The van der Waals surface area contributed by atoms with Gasteiger partial charge in [0.05, 0.1) is 10.6 Å². The number of nitro benzene ring substituents is 1. The minimum Gasteiger partial charge on any atom is -0.258 e. The Kier molecular flexibility index (Phi) is 2.72. The van der Waals surface area contributed by atoms with Crippen LogP contribution in [0, 0.1) is 10.1 Å². The maximum atomic E-state index is 10.9. The normalized spacial score (nSPS) is 11.8. The summed E-state index contributed by atoms with van der Waals surface area (Å²) in [4.78, 5) is 19.5. The lowest BCUT2D eigenvalue weighted by molar-refractivity contribution is -0.384. The third kappa shape index (κ3) is 1.95. The van der Waals surface area contributed by atoms with E-state index in [2.05, 4.69) is 16.0 Å². The monoisotopic (exact) mass is 289 g/mol. The van der Waals surface area contributed by atoms with Gasteiger partial charge in [-0.3, -0.25) is 10.1 Å². The molecule has 0 amide bonds. The van der Waals surface area contributed by atoms with E-state index in [9.17, 15) is 10.1 Å². The zero-order valence-corrected chi connectivity index (χ0v) is 11.6. The molecule has 0 N–H and O–H groups in total. The van der Waals surface area contributed by atoms with Crippen LogP contribution in [0.5, 0.6) is 0 Å². The molecular weight excluding hydrogens is 278 g/mol. The molecule has 5 heteroatoms. The van der Waals surface area contributed by atoms with Crippen LogP contribution in [0.1, 0.15) is 11.1 Å². The summed E-state index contributed by atoms with van der Waals surface area (Å²) in [5, 5.41) is 10.9. The van der Waals surface area contributed by atoms with Gasteiger partial charge < -0.3 is 0 Å². The van der Waals surface area contributed by atoms with Gasteiger partial charge in [-0.05, 0) is 5.56 Å². The molecular formula is C17H11N3O2. The molecule has 22 heavy (non-hydrogen) atoms. The van der Waals surface area contributed by atoms with Crippen molar-refractivity contribution in [1.29, 1.82) is 0 Å². The molecule has 0 aliphatic heterocycles. The molecule has 3 aromatic rings. The fourth-order valence-corrected chi connectivity index (χ4v) is 2.78. The van der Waals surface area contributed by atoms with Crippen molar-refractivity contribution >= 4 is 5.69 Å². The lowest BCUT2D eigenvalue weighted by atomic mass is 10.1. The number of nitro groups is 1. The number of rotatable bonds is 2. The topological polar surface area (TPSA) is 68.9 Å². The maximum Gasteiger partial charge on any atom is 0.270 e. The lowest BCUT2D eigenvalue weighted by Gasteiger charge is -2.04. The predicted molar refractivity (Wildman–Crippen MR) is 82.4 cm³/mol. The lowest BCUT2D eigenvalue weighted by Crippen LogP contribution is -1.94. The van der Waals surface area contributed by atoms with Crippen molar-refractivity contribution < 1.29 is 4.92 Å². The summed E-state index contributed by atoms with van der Waals surface area (Å²) in [7, 11) is 0. The van der Waals surface area contributed by atoms with E-state index in [1.807, 2.05) is 24.4 Å². The number of aromatic nitrogens is 2. The van der Waals surface area contributed by atoms with Crippen molar-refractivity contribution in [3.05, 3.63) is 76.0 Å².